The third-order valence-corrected chi connectivity index (χ3v) is 11.4. The Morgan fingerprint density at radius 2 is 1.80 bits per heavy atom. The Morgan fingerprint density at radius 1 is 1.23 bits per heavy atom. The largest absolute Gasteiger partial charge is 0.452 e. The summed E-state index contributed by atoms with van der Waals surface area (Å²) in [5.74, 6) is -3.64. The highest BCUT2D eigenvalue weighted by Crippen LogP contribution is 2.39. The number of nitrogens with one attached hydrogen (secondary N) is 1. The van der Waals surface area contributed by atoms with Crippen LogP contribution < -0.4 is 5.32 Å². The lowest BCUT2D eigenvalue weighted by molar-refractivity contribution is -0.384. The summed E-state index contributed by atoms with van der Waals surface area (Å²) in [6, 6.07) is 4.72. The van der Waals surface area contributed by atoms with Crippen LogP contribution in [0.15, 0.2) is 24.3 Å². The van der Waals surface area contributed by atoms with Crippen LogP contribution in [0.1, 0.15) is 40.2 Å². The predicted octanol–water partition coefficient (Wildman–Crippen LogP) is 3.04. The molecule has 1 aliphatic rings. The van der Waals surface area contributed by atoms with Crippen molar-refractivity contribution in [1.82, 2.24) is 5.32 Å². The van der Waals surface area contributed by atoms with Gasteiger partial charge in [0.1, 0.15) is 6.61 Å². The minimum absolute atomic E-state index is 0.0669. The zero-order valence-electron chi connectivity index (χ0n) is 21.0. The summed E-state index contributed by atoms with van der Waals surface area (Å²) in [5.41, 5.74) is 8.87. The summed E-state index contributed by atoms with van der Waals surface area (Å²) >= 11 is 0. The molecule has 1 saturated heterocycles. The smallest absolute Gasteiger partial charge is 0.441 e. The van der Waals surface area contributed by atoms with Crippen molar-refractivity contribution < 1.29 is 33.3 Å². The standard InChI is InChI=1S/C23H32N4O7Si/c1-13(18-17(21(29)25-18)14(2)34-35(6,7)23(3,4)5)20(28)19(26-24)22(30)33-12-15-8-10-16(11-9-15)27(31)32/h8-11,13-14,17-18H,12H2,1-7H3,(H,25,29)/t13-,14?,17?,18?/m1/s1. The molecule has 35 heavy (non-hydrogen) atoms. The minimum Gasteiger partial charge on any atom is -0.452 e. The van der Waals surface area contributed by atoms with Crippen LogP contribution in [0.25, 0.3) is 5.53 Å². The molecular weight excluding hydrogens is 472 g/mol. The number of amides is 1. The molecule has 0 aromatic heterocycles. The molecule has 1 N–H and O–H groups in total. The van der Waals surface area contributed by atoms with Crippen molar-refractivity contribution in [3.8, 4) is 0 Å². The topological polar surface area (TPSA) is 161 Å². The number of ether oxygens (including phenoxy) is 1. The van der Waals surface area contributed by atoms with Crippen LogP contribution in [-0.2, 0) is 30.2 Å². The summed E-state index contributed by atoms with van der Waals surface area (Å²) < 4.78 is 11.4. The molecule has 1 aliphatic heterocycles. The molecule has 1 aromatic carbocycles. The highest BCUT2D eigenvalue weighted by molar-refractivity contribution is 6.74. The molecular formula is C23H32N4O7Si. The summed E-state index contributed by atoms with van der Waals surface area (Å²) in [6.45, 7) is 13.5. The molecule has 3 unspecified atom stereocenters. The maximum absolute atomic E-state index is 13.0. The van der Waals surface area contributed by atoms with Crippen LogP contribution in [-0.4, -0.2) is 53.5 Å². The molecule has 1 aromatic rings. The number of β-lactam (4-membered cyclic amide) rings is 1. The lowest BCUT2D eigenvalue weighted by atomic mass is 9.76. The fraction of sp³-hybridized carbons (Fsp3) is 0.565. The zero-order valence-corrected chi connectivity index (χ0v) is 22.0. The number of nitro groups is 1. The van der Waals surface area contributed by atoms with Gasteiger partial charge >= 0.3 is 11.7 Å². The average Bonchev–Trinajstić information content (AvgIpc) is 2.74. The van der Waals surface area contributed by atoms with Gasteiger partial charge in [-0.05, 0) is 42.8 Å². The van der Waals surface area contributed by atoms with E-state index >= 15 is 0 Å². The van der Waals surface area contributed by atoms with Gasteiger partial charge in [0.2, 0.25) is 5.91 Å². The number of non-ortho nitro benzene ring substituents is 1. The number of nitrogens with zero attached hydrogens (tertiary/aromatic N) is 3. The van der Waals surface area contributed by atoms with E-state index in [4.69, 9.17) is 9.16 Å². The summed E-state index contributed by atoms with van der Waals surface area (Å²) in [5, 5.41) is 13.4. The number of rotatable bonds is 10. The molecule has 11 nitrogen and oxygen atoms in total. The third-order valence-electron chi connectivity index (χ3n) is 6.79. The van der Waals surface area contributed by atoms with Gasteiger partial charge in [0.05, 0.1) is 23.0 Å². The van der Waals surface area contributed by atoms with Crippen molar-refractivity contribution in [2.24, 2.45) is 11.8 Å². The monoisotopic (exact) mass is 504 g/mol. The summed E-state index contributed by atoms with van der Waals surface area (Å²) in [6.07, 6.45) is -0.450. The van der Waals surface area contributed by atoms with E-state index in [0.29, 0.717) is 5.56 Å². The molecule has 1 heterocycles. The van der Waals surface area contributed by atoms with Crippen LogP contribution in [0, 0.1) is 22.0 Å². The first-order valence-corrected chi connectivity index (χ1v) is 14.2. The van der Waals surface area contributed by atoms with Crippen LogP contribution >= 0.6 is 0 Å². The van der Waals surface area contributed by atoms with Gasteiger partial charge in [-0.25, -0.2) is 4.79 Å². The van der Waals surface area contributed by atoms with Crippen LogP contribution in [0.5, 0.6) is 0 Å². The fourth-order valence-corrected chi connectivity index (χ4v) is 5.00. The third kappa shape index (κ3) is 6.27. The number of ketones is 1. The Balaban J connectivity index is 2.05. The van der Waals surface area contributed by atoms with E-state index in [1.165, 1.54) is 31.2 Å². The Hall–Kier alpha value is -3.21. The highest BCUT2D eigenvalue weighted by atomic mass is 28.4. The van der Waals surface area contributed by atoms with Crippen LogP contribution in [0.4, 0.5) is 5.69 Å². The number of benzene rings is 1. The maximum Gasteiger partial charge on any atom is 0.441 e. The predicted molar refractivity (Wildman–Crippen MR) is 129 cm³/mol. The lowest BCUT2D eigenvalue weighted by Crippen LogP contribution is -2.67. The summed E-state index contributed by atoms with van der Waals surface area (Å²) in [7, 11) is -2.17. The van der Waals surface area contributed by atoms with Crippen LogP contribution in [0.3, 0.4) is 0 Å². The number of hydrogen-bond acceptors (Lipinski definition) is 7. The lowest BCUT2D eigenvalue weighted by Gasteiger charge is -2.46. The number of Topliss-reactive ketones (excluding diaryl/α,β-unsaturated/α-hetero) is 1. The van der Waals surface area contributed by atoms with E-state index in [1.807, 2.05) is 0 Å². The number of hydrogen-bond donors (Lipinski definition) is 1. The van der Waals surface area contributed by atoms with Gasteiger partial charge in [-0.2, -0.15) is 4.79 Å². The van der Waals surface area contributed by atoms with Gasteiger partial charge in [0, 0.05) is 18.1 Å². The number of nitro benzene ring substituents is 1. The first-order chi connectivity index (χ1) is 16.1. The number of carbonyl (C=O) groups is 3. The number of esters is 1. The zero-order chi connectivity index (χ0) is 26.7. The average molecular weight is 505 g/mol. The van der Waals surface area contributed by atoms with Gasteiger partial charge in [-0.3, -0.25) is 19.7 Å². The van der Waals surface area contributed by atoms with Crippen molar-refractivity contribution >= 4 is 37.4 Å². The Morgan fingerprint density at radius 3 is 2.26 bits per heavy atom. The van der Waals surface area contributed by atoms with Gasteiger partial charge in [0.25, 0.3) is 11.5 Å². The van der Waals surface area contributed by atoms with E-state index < -0.39 is 54.7 Å². The van der Waals surface area contributed by atoms with Crippen molar-refractivity contribution in [3.63, 3.8) is 0 Å². The van der Waals surface area contributed by atoms with Gasteiger partial charge in [-0.15, -0.1) is 0 Å². The van der Waals surface area contributed by atoms with E-state index in [1.54, 1.807) is 6.92 Å². The molecule has 0 radical (unpaired) electrons. The van der Waals surface area contributed by atoms with Gasteiger partial charge in [0.15, 0.2) is 8.32 Å². The molecule has 1 amide bonds. The maximum atomic E-state index is 13.0. The fourth-order valence-electron chi connectivity index (χ4n) is 3.57. The minimum atomic E-state index is -2.17. The SMILES string of the molecule is CC(O[Si](C)(C)C(C)(C)C)C1C(=O)NC1[C@@H](C)C(=O)C(=[N+]=[N-])C(=O)OCc1ccc([N+](=O)[O-])cc1. The second kappa shape index (κ2) is 10.6. The van der Waals surface area contributed by atoms with Crippen molar-refractivity contribution in [2.45, 2.75) is 71.5 Å². The van der Waals surface area contributed by atoms with Crippen molar-refractivity contribution in [2.75, 3.05) is 0 Å². The first kappa shape index (κ1) is 28.0. The first-order valence-electron chi connectivity index (χ1n) is 11.3. The quantitative estimate of drug-likeness (QED) is 0.0589. The molecule has 2 rings (SSSR count). The molecule has 0 spiro atoms. The van der Waals surface area contributed by atoms with E-state index in [9.17, 15) is 30.0 Å². The Labute approximate surface area is 205 Å². The van der Waals surface area contributed by atoms with E-state index in [0.717, 1.165) is 0 Å². The Bertz CT molecular complexity index is 1060. The normalized spacial score (nSPS) is 19.5. The van der Waals surface area contributed by atoms with Crippen molar-refractivity contribution in [3.05, 3.63) is 45.5 Å². The second-order valence-corrected chi connectivity index (χ2v) is 15.0. The van der Waals surface area contributed by atoms with E-state index in [2.05, 4.69) is 44.0 Å². The summed E-state index contributed by atoms with van der Waals surface area (Å²) in [4.78, 5) is 50.7. The molecule has 0 aliphatic carbocycles. The molecule has 0 bridgehead atoms. The Kier molecular flexibility index (Phi) is 8.48. The highest BCUT2D eigenvalue weighted by Gasteiger charge is 2.52. The number of carbonyl (C=O) groups excluding carboxylic acids is 3. The van der Waals surface area contributed by atoms with Gasteiger partial charge in [-0.1, -0.05) is 27.7 Å². The molecule has 1 fully saturated rings. The van der Waals surface area contributed by atoms with Crippen LogP contribution in [0.2, 0.25) is 18.1 Å². The molecule has 190 valence electrons. The van der Waals surface area contributed by atoms with Gasteiger partial charge < -0.3 is 20.0 Å². The van der Waals surface area contributed by atoms with Crippen molar-refractivity contribution in [1.29, 1.82) is 0 Å². The molecule has 12 heteroatoms. The second-order valence-electron chi connectivity index (χ2n) is 10.2. The molecule has 4 atom stereocenters. The van der Waals surface area contributed by atoms with E-state index in [-0.39, 0.29) is 23.2 Å². The molecule has 0 saturated carbocycles.